The first-order valence-electron chi connectivity index (χ1n) is 8.73. The van der Waals surface area contributed by atoms with Crippen molar-refractivity contribution in [3.63, 3.8) is 0 Å². The summed E-state index contributed by atoms with van der Waals surface area (Å²) in [5.74, 6) is -0.203. The summed E-state index contributed by atoms with van der Waals surface area (Å²) in [4.78, 5) is 22.9. The molecule has 138 valence electrons. The van der Waals surface area contributed by atoms with Crippen molar-refractivity contribution in [1.82, 2.24) is 15.1 Å². The Hall–Kier alpha value is -3.48. The summed E-state index contributed by atoms with van der Waals surface area (Å²) in [7, 11) is 0. The highest BCUT2D eigenvalue weighted by Crippen LogP contribution is 2.19. The van der Waals surface area contributed by atoms with Crippen LogP contribution in [0.2, 0.25) is 0 Å². The van der Waals surface area contributed by atoms with E-state index in [1.165, 1.54) is 23.0 Å². The van der Waals surface area contributed by atoms with Gasteiger partial charge in [-0.05, 0) is 24.1 Å². The van der Waals surface area contributed by atoms with E-state index >= 15 is 0 Å². The summed E-state index contributed by atoms with van der Waals surface area (Å²) >= 11 is 0. The van der Waals surface area contributed by atoms with Crippen LogP contribution in [0.15, 0.2) is 67.0 Å². The summed E-state index contributed by atoms with van der Waals surface area (Å²) in [6.45, 7) is 2.08. The molecule has 1 atom stereocenters. The minimum Gasteiger partial charge on any atom is -0.345 e. The number of rotatable bonds is 7. The molecule has 1 amide bonds. The molecule has 7 heteroatoms. The van der Waals surface area contributed by atoms with Gasteiger partial charge >= 0.3 is 0 Å². The second kappa shape index (κ2) is 8.27. The Kier molecular flexibility index (Phi) is 5.61. The maximum Gasteiger partial charge on any atom is 0.269 e. The third-order valence-electron chi connectivity index (χ3n) is 4.25. The molecule has 0 spiro atoms. The number of amides is 1. The molecule has 1 unspecified atom stereocenters. The van der Waals surface area contributed by atoms with E-state index in [1.54, 1.807) is 18.3 Å². The van der Waals surface area contributed by atoms with E-state index in [0.29, 0.717) is 11.3 Å². The van der Waals surface area contributed by atoms with Crippen LogP contribution in [0.3, 0.4) is 0 Å². The number of nitrogens with zero attached hydrogens (tertiary/aromatic N) is 3. The molecule has 0 radical (unpaired) electrons. The van der Waals surface area contributed by atoms with Crippen molar-refractivity contribution in [2.75, 3.05) is 0 Å². The van der Waals surface area contributed by atoms with E-state index in [4.69, 9.17) is 0 Å². The molecular formula is C20H20N4O3. The number of non-ortho nitro benzene ring substituents is 1. The number of benzene rings is 2. The smallest absolute Gasteiger partial charge is 0.269 e. The summed E-state index contributed by atoms with van der Waals surface area (Å²) < 4.78 is 1.52. The second-order valence-electron chi connectivity index (χ2n) is 6.17. The molecule has 0 aliphatic heterocycles. The quantitative estimate of drug-likeness (QED) is 0.506. The van der Waals surface area contributed by atoms with Gasteiger partial charge in [-0.25, -0.2) is 4.68 Å². The van der Waals surface area contributed by atoms with E-state index in [2.05, 4.69) is 17.3 Å². The van der Waals surface area contributed by atoms with Crippen LogP contribution in [-0.2, 0) is 0 Å². The van der Waals surface area contributed by atoms with Gasteiger partial charge in [-0.3, -0.25) is 14.9 Å². The van der Waals surface area contributed by atoms with E-state index in [9.17, 15) is 14.9 Å². The highest BCUT2D eigenvalue weighted by Gasteiger charge is 2.16. The summed E-state index contributed by atoms with van der Waals surface area (Å²) in [6, 6.07) is 15.8. The lowest BCUT2D eigenvalue weighted by molar-refractivity contribution is -0.384. The van der Waals surface area contributed by atoms with Gasteiger partial charge in [-0.15, -0.1) is 0 Å². The SMILES string of the molecule is CCCC(NC(=O)c1cnn(-c2ccc([N+](=O)[O-])cc2)c1)c1ccccc1. The van der Waals surface area contributed by atoms with Gasteiger partial charge in [0.15, 0.2) is 0 Å². The molecule has 2 aromatic carbocycles. The van der Waals surface area contributed by atoms with Crippen molar-refractivity contribution in [2.45, 2.75) is 25.8 Å². The summed E-state index contributed by atoms with van der Waals surface area (Å²) in [5, 5.41) is 18.0. The number of nitrogens with one attached hydrogen (secondary N) is 1. The van der Waals surface area contributed by atoms with Crippen molar-refractivity contribution >= 4 is 11.6 Å². The van der Waals surface area contributed by atoms with Crippen LogP contribution in [0, 0.1) is 10.1 Å². The standard InChI is InChI=1S/C20H20N4O3/c1-2-6-19(15-7-4-3-5-8-15)22-20(25)16-13-21-23(14-16)17-9-11-18(12-10-17)24(26)27/h3-5,7-14,19H,2,6H2,1H3,(H,22,25). The van der Waals surface area contributed by atoms with E-state index in [0.717, 1.165) is 18.4 Å². The number of carbonyl (C=O) groups is 1. The van der Waals surface area contributed by atoms with Gasteiger partial charge in [0.05, 0.1) is 28.4 Å². The lowest BCUT2D eigenvalue weighted by Gasteiger charge is -2.18. The Morgan fingerprint density at radius 1 is 1.19 bits per heavy atom. The molecule has 0 fully saturated rings. The number of nitro benzene ring substituents is 1. The van der Waals surface area contributed by atoms with E-state index in [-0.39, 0.29) is 17.6 Å². The third-order valence-corrected chi connectivity index (χ3v) is 4.25. The predicted molar refractivity (Wildman–Crippen MR) is 102 cm³/mol. The van der Waals surface area contributed by atoms with Gasteiger partial charge in [0, 0.05) is 18.3 Å². The fourth-order valence-corrected chi connectivity index (χ4v) is 2.85. The topological polar surface area (TPSA) is 90.1 Å². The van der Waals surface area contributed by atoms with Crippen molar-refractivity contribution in [3.05, 3.63) is 88.2 Å². The number of hydrogen-bond donors (Lipinski definition) is 1. The molecule has 1 N–H and O–H groups in total. The first-order chi connectivity index (χ1) is 13.1. The van der Waals surface area contributed by atoms with Crippen LogP contribution in [0.25, 0.3) is 5.69 Å². The van der Waals surface area contributed by atoms with Crippen molar-refractivity contribution in [2.24, 2.45) is 0 Å². The maximum atomic E-state index is 12.6. The van der Waals surface area contributed by atoms with Gasteiger partial charge in [0.25, 0.3) is 11.6 Å². The Morgan fingerprint density at radius 2 is 1.89 bits per heavy atom. The van der Waals surface area contributed by atoms with Crippen LogP contribution in [0.5, 0.6) is 0 Å². The number of hydrogen-bond acceptors (Lipinski definition) is 4. The average Bonchev–Trinajstić information content (AvgIpc) is 3.19. The molecule has 0 saturated heterocycles. The molecule has 3 aromatic rings. The minimum atomic E-state index is -0.455. The Balaban J connectivity index is 1.75. The van der Waals surface area contributed by atoms with Crippen LogP contribution in [-0.4, -0.2) is 20.6 Å². The summed E-state index contributed by atoms with van der Waals surface area (Å²) in [6.07, 6.45) is 4.89. The van der Waals surface area contributed by atoms with Crippen molar-refractivity contribution < 1.29 is 9.72 Å². The van der Waals surface area contributed by atoms with Crippen molar-refractivity contribution in [3.8, 4) is 5.69 Å². The van der Waals surface area contributed by atoms with Gasteiger partial charge in [-0.1, -0.05) is 43.7 Å². The zero-order chi connectivity index (χ0) is 19.2. The van der Waals surface area contributed by atoms with E-state index in [1.807, 2.05) is 30.3 Å². The molecule has 1 aromatic heterocycles. The first-order valence-corrected chi connectivity index (χ1v) is 8.73. The molecule has 0 saturated carbocycles. The summed E-state index contributed by atoms with van der Waals surface area (Å²) in [5.41, 5.74) is 2.16. The normalized spacial score (nSPS) is 11.7. The zero-order valence-electron chi connectivity index (χ0n) is 14.9. The molecule has 1 heterocycles. The maximum absolute atomic E-state index is 12.6. The molecule has 3 rings (SSSR count). The lowest BCUT2D eigenvalue weighted by Crippen LogP contribution is -2.28. The van der Waals surface area contributed by atoms with Gasteiger partial charge in [0.1, 0.15) is 0 Å². The molecular weight excluding hydrogens is 344 g/mol. The molecule has 0 bridgehead atoms. The number of nitro groups is 1. The highest BCUT2D eigenvalue weighted by molar-refractivity contribution is 5.94. The monoisotopic (exact) mass is 364 g/mol. The molecule has 27 heavy (non-hydrogen) atoms. The first kappa shape index (κ1) is 18.3. The van der Waals surface area contributed by atoms with Crippen molar-refractivity contribution in [1.29, 1.82) is 0 Å². The Bertz CT molecular complexity index is 920. The minimum absolute atomic E-state index is 0.00846. The third kappa shape index (κ3) is 4.38. The number of carbonyl (C=O) groups excluding carboxylic acids is 1. The zero-order valence-corrected chi connectivity index (χ0v) is 14.9. The molecule has 0 aliphatic carbocycles. The highest BCUT2D eigenvalue weighted by atomic mass is 16.6. The van der Waals surface area contributed by atoms with Gasteiger partial charge < -0.3 is 5.32 Å². The predicted octanol–water partition coefficient (Wildman–Crippen LogP) is 4.05. The molecule has 0 aliphatic rings. The Morgan fingerprint density at radius 3 is 2.52 bits per heavy atom. The van der Waals surface area contributed by atoms with Gasteiger partial charge in [0.2, 0.25) is 0 Å². The van der Waals surface area contributed by atoms with Crippen LogP contribution >= 0.6 is 0 Å². The molecule has 7 nitrogen and oxygen atoms in total. The average molecular weight is 364 g/mol. The second-order valence-corrected chi connectivity index (χ2v) is 6.17. The van der Waals surface area contributed by atoms with Crippen LogP contribution < -0.4 is 5.32 Å². The fourth-order valence-electron chi connectivity index (χ4n) is 2.85. The van der Waals surface area contributed by atoms with Crippen LogP contribution in [0.1, 0.15) is 41.7 Å². The largest absolute Gasteiger partial charge is 0.345 e. The number of aromatic nitrogens is 2. The van der Waals surface area contributed by atoms with E-state index < -0.39 is 4.92 Å². The fraction of sp³-hybridized carbons (Fsp3) is 0.200. The van der Waals surface area contributed by atoms with Gasteiger partial charge in [-0.2, -0.15) is 5.10 Å². The Labute approximate surface area is 156 Å². The van der Waals surface area contributed by atoms with Crippen LogP contribution in [0.4, 0.5) is 5.69 Å². The lowest BCUT2D eigenvalue weighted by atomic mass is 10.0.